The predicted molar refractivity (Wildman–Crippen MR) is 253 cm³/mol. The minimum absolute atomic E-state index is 0.0403. The molecule has 3 fully saturated rings. The number of fused-ring (bicyclic) bond motifs is 1. The lowest BCUT2D eigenvalue weighted by atomic mass is 9.77. The Morgan fingerprint density at radius 2 is 1.60 bits per heavy atom. The molecule has 6 rings (SSSR count). The first-order valence-corrected chi connectivity index (χ1v) is 26.5. The number of Topliss-reactive ketones (excluding diaryl/α,β-unsaturated/α-hetero) is 1. The number of rotatable bonds is 20. The highest BCUT2D eigenvalue weighted by atomic mass is 32.2. The molecule has 0 radical (unpaired) electrons. The second-order valence-electron chi connectivity index (χ2n) is 19.2. The number of halogens is 6. The number of pyridine rings is 1. The molecule has 1 aromatic carbocycles. The summed E-state index contributed by atoms with van der Waals surface area (Å²) in [4.78, 5) is 67.3. The van der Waals surface area contributed by atoms with Gasteiger partial charge in [-0.2, -0.15) is 43.2 Å². The number of nitrogens with zero attached hydrogens (tertiary/aromatic N) is 3. The fourth-order valence-corrected chi connectivity index (χ4v) is 10.3. The molecule has 4 N–H and O–H groups in total. The number of nitrogens with one attached hydrogen (secondary N) is 2. The number of carbonyl (C=O) groups is 4. The van der Waals surface area contributed by atoms with Crippen molar-refractivity contribution >= 4 is 71.5 Å². The smallest absolute Gasteiger partial charge is 0.413 e. The van der Waals surface area contributed by atoms with Crippen molar-refractivity contribution in [3.63, 3.8) is 0 Å². The summed E-state index contributed by atoms with van der Waals surface area (Å²) in [7, 11) is -8.17. The summed E-state index contributed by atoms with van der Waals surface area (Å²) in [6, 6.07) is 5.89. The van der Waals surface area contributed by atoms with Gasteiger partial charge in [-0.25, -0.2) is 28.2 Å². The molecule has 2 aliphatic carbocycles. The summed E-state index contributed by atoms with van der Waals surface area (Å²) in [5.74, 6) is -3.69. The number of ether oxygens (including phenoxy) is 3. The van der Waals surface area contributed by atoms with Crippen molar-refractivity contribution in [3.8, 4) is 22.9 Å². The number of esters is 1. The largest absolute Gasteiger partial charge is 0.497 e. The van der Waals surface area contributed by atoms with Gasteiger partial charge in [0.1, 0.15) is 29.4 Å². The maximum atomic E-state index is 14.8. The maximum Gasteiger partial charge on any atom is 0.413 e. The number of allylic oxidation sites excluding steroid dienone is 1. The Morgan fingerprint density at radius 3 is 2.15 bits per heavy atom. The highest BCUT2D eigenvalue weighted by Crippen LogP contribution is 2.57. The van der Waals surface area contributed by atoms with Crippen LogP contribution in [-0.4, -0.2) is 119 Å². The molecule has 3 aliphatic rings. The van der Waals surface area contributed by atoms with Crippen LogP contribution in [0.15, 0.2) is 42.3 Å². The van der Waals surface area contributed by atoms with Crippen LogP contribution >= 0.6 is 11.3 Å². The summed E-state index contributed by atoms with van der Waals surface area (Å²) >= 11 is 1.41. The normalized spacial score (nSPS) is 21.0. The first-order chi connectivity index (χ1) is 33.7. The Kier molecular flexibility index (Phi) is 18.6. The summed E-state index contributed by atoms with van der Waals surface area (Å²) in [5, 5.41) is 10.5. The molecule has 0 unspecified atom stereocenters. The molecule has 0 spiro atoms. The molecule has 5 atom stereocenters. The van der Waals surface area contributed by atoms with Crippen LogP contribution in [0, 0.1) is 22.7 Å². The van der Waals surface area contributed by atoms with E-state index in [1.807, 2.05) is 19.2 Å². The molecule has 3 heterocycles. The van der Waals surface area contributed by atoms with Crippen molar-refractivity contribution in [1.29, 1.82) is 0 Å². The monoisotopic (exact) mass is 1100 g/mol. The van der Waals surface area contributed by atoms with Gasteiger partial charge in [-0.05, 0) is 69.4 Å². The molecule has 2 amide bonds. The van der Waals surface area contributed by atoms with E-state index >= 15 is 0 Å². The van der Waals surface area contributed by atoms with Gasteiger partial charge < -0.3 is 24.4 Å². The molecular formula is C45H58F6N6O13S3. The predicted octanol–water partition coefficient (Wildman–Crippen LogP) is 6.93. The Morgan fingerprint density at radius 1 is 0.959 bits per heavy atom. The fraction of sp³-hybridized carbons (Fsp3) is 0.600. The van der Waals surface area contributed by atoms with Crippen molar-refractivity contribution in [1.82, 2.24) is 19.6 Å². The number of hydrogen-bond acceptors (Lipinski definition) is 17. The van der Waals surface area contributed by atoms with Crippen LogP contribution in [0.5, 0.6) is 11.5 Å². The summed E-state index contributed by atoms with van der Waals surface area (Å²) in [6.45, 7) is 8.93. The van der Waals surface area contributed by atoms with E-state index in [-0.39, 0.29) is 38.0 Å². The van der Waals surface area contributed by atoms with Crippen LogP contribution in [0.3, 0.4) is 0 Å². The number of thiazole rings is 1. The van der Waals surface area contributed by atoms with E-state index in [0.29, 0.717) is 38.9 Å². The molecule has 73 heavy (non-hydrogen) atoms. The van der Waals surface area contributed by atoms with Gasteiger partial charge in [0.25, 0.3) is 0 Å². The topological polar surface area (TPSA) is 262 Å². The lowest BCUT2D eigenvalue weighted by molar-refractivity contribution is -0.156. The van der Waals surface area contributed by atoms with Gasteiger partial charge in [0, 0.05) is 41.8 Å². The molecule has 19 nitrogen and oxygen atoms in total. The summed E-state index contributed by atoms with van der Waals surface area (Å²) in [5.41, 5.74) is -0.923. The quantitative estimate of drug-likeness (QED) is 0.0588. The number of likely N-dealkylation sites (tertiary alicyclic amines) is 1. The van der Waals surface area contributed by atoms with Crippen LogP contribution in [0.1, 0.15) is 86.0 Å². The van der Waals surface area contributed by atoms with Crippen molar-refractivity contribution in [2.75, 3.05) is 32.2 Å². The Bertz CT molecular complexity index is 2730. The zero-order chi connectivity index (χ0) is 54.5. The SMILES string of the molecule is C=C[C@@H]1C[C@]1(CC(=O)[C@@H]1C[C@@H](Oc2cc(-c3csc(NC(C)C)n3)nc3cc(OC)ccc23)CN1C(=O)[C@@H](CC(=O)OC1CCCC1)C(C)(C)C)C(=O)NS(=O)(=O)OCC(F)(F)F.NS(=O)(=O)OCC(F)(F)F. The number of anilines is 1. The lowest BCUT2D eigenvalue weighted by Gasteiger charge is -2.35. The minimum Gasteiger partial charge on any atom is -0.497 e. The first-order valence-electron chi connectivity index (χ1n) is 22.8. The van der Waals surface area contributed by atoms with Crippen molar-refractivity contribution in [2.24, 2.45) is 27.8 Å². The summed E-state index contributed by atoms with van der Waals surface area (Å²) in [6.07, 6.45) is -7.01. The third-order valence-electron chi connectivity index (χ3n) is 12.0. The maximum absolute atomic E-state index is 14.8. The minimum atomic E-state index is -5.22. The lowest BCUT2D eigenvalue weighted by Crippen LogP contribution is -2.48. The second kappa shape index (κ2) is 23.2. The van der Waals surface area contributed by atoms with Crippen molar-refractivity contribution < 1.29 is 84.9 Å². The molecule has 28 heteroatoms. The van der Waals surface area contributed by atoms with E-state index in [9.17, 15) is 62.4 Å². The third-order valence-corrected chi connectivity index (χ3v) is 14.1. The zero-order valence-electron chi connectivity index (χ0n) is 40.6. The average Bonchev–Trinajstić information content (AvgIpc) is 3.68. The first kappa shape index (κ1) is 58.7. The van der Waals surface area contributed by atoms with Crippen LogP contribution in [0.4, 0.5) is 31.5 Å². The van der Waals surface area contributed by atoms with Gasteiger partial charge in [0.15, 0.2) is 24.1 Å². The highest BCUT2D eigenvalue weighted by Gasteiger charge is 2.61. The van der Waals surface area contributed by atoms with E-state index in [2.05, 4.69) is 25.4 Å². The highest BCUT2D eigenvalue weighted by molar-refractivity contribution is 7.85. The number of benzene rings is 1. The number of hydrogen-bond donors (Lipinski definition) is 3. The van der Waals surface area contributed by atoms with Crippen molar-refractivity contribution in [3.05, 3.63) is 42.3 Å². The molecule has 3 aromatic rings. The van der Waals surface area contributed by atoms with E-state index in [0.717, 1.165) is 25.7 Å². The standard InChI is InChI=1S/C43H54F3N5O10S2.C2H4F3NO3S/c1-8-25-19-42(25,39(55)50-63(56,57)59-23-43(44,45)46)20-35(52)34-16-28(21-51(34)38(54)30(41(4,5)6)17-37(53)61-26-11-9-10-12-26)60-36-18-32(33-22-62-40(49-33)47-24(2)3)48-31-15-27(58-7)13-14-29(31)36;3-2(4,5)1-9-10(6,7)8/h8,13-15,18,22,24-26,28,30,34H,1,9-12,16-17,19-21,23H2,2-7H3,(H,47,49)(H,50,55);1H2,(H2,6,7,8)/t25-,28-,30-,34+,42-;/m1./s1. The van der Waals surface area contributed by atoms with Gasteiger partial charge >= 0.3 is 38.9 Å². The fourth-order valence-electron chi connectivity index (χ4n) is 8.37. The van der Waals surface area contributed by atoms with E-state index in [1.165, 1.54) is 29.4 Å². The number of amides is 2. The molecular weight excluding hydrogens is 1040 g/mol. The second-order valence-corrected chi connectivity index (χ2v) is 22.6. The van der Waals surface area contributed by atoms with E-state index in [1.54, 1.807) is 49.8 Å². The number of ketones is 1. The average molecular weight is 1100 g/mol. The number of nitrogens with two attached hydrogens (primary N) is 1. The molecule has 2 aromatic heterocycles. The summed E-state index contributed by atoms with van der Waals surface area (Å²) < 4.78 is 143. The van der Waals surface area contributed by atoms with Gasteiger partial charge in [0.05, 0.1) is 48.7 Å². The Labute approximate surface area is 422 Å². The molecule has 2 saturated carbocycles. The molecule has 1 saturated heterocycles. The number of aromatic nitrogens is 2. The van der Waals surface area contributed by atoms with Crippen LogP contribution in [0.25, 0.3) is 22.3 Å². The van der Waals surface area contributed by atoms with Crippen LogP contribution in [-0.2, 0) is 52.9 Å². The third kappa shape index (κ3) is 16.9. The van der Waals surface area contributed by atoms with Gasteiger partial charge in [-0.15, -0.1) is 17.9 Å². The van der Waals surface area contributed by atoms with Gasteiger partial charge in [-0.3, -0.25) is 19.2 Å². The molecule has 0 bridgehead atoms. The van der Waals surface area contributed by atoms with E-state index in [4.69, 9.17) is 24.2 Å². The number of carbonyl (C=O) groups excluding carboxylic acids is 4. The van der Waals surface area contributed by atoms with Crippen LogP contribution in [0.2, 0.25) is 0 Å². The van der Waals surface area contributed by atoms with Crippen LogP contribution < -0.4 is 24.7 Å². The number of alkyl halides is 6. The zero-order valence-corrected chi connectivity index (χ0v) is 43.1. The van der Waals surface area contributed by atoms with Gasteiger partial charge in [0.2, 0.25) is 11.8 Å². The molecule has 406 valence electrons. The van der Waals surface area contributed by atoms with Crippen molar-refractivity contribution in [2.45, 2.75) is 123 Å². The van der Waals surface area contributed by atoms with E-state index < -0.39 is 111 Å². The Hall–Kier alpha value is -5.16. The van der Waals surface area contributed by atoms with Gasteiger partial charge in [-0.1, -0.05) is 26.8 Å². The molecule has 1 aliphatic heterocycles. The Balaban J connectivity index is 0.000000891. The number of methoxy groups -OCH3 is 1.